The summed E-state index contributed by atoms with van der Waals surface area (Å²) < 4.78 is 4.86. The van der Waals surface area contributed by atoms with Gasteiger partial charge in [0.05, 0.1) is 18.7 Å². The summed E-state index contributed by atoms with van der Waals surface area (Å²) >= 11 is 5.99. The number of aryl methyl sites for hydroxylation is 1. The highest BCUT2D eigenvalue weighted by Gasteiger charge is 2.15. The number of rotatable bonds is 6. The van der Waals surface area contributed by atoms with E-state index in [-0.39, 0.29) is 13.2 Å². The van der Waals surface area contributed by atoms with Crippen LogP contribution in [0.3, 0.4) is 0 Å². The molecule has 2 rings (SSSR count). The fraction of sp³-hybridized carbons (Fsp3) is 0.200. The van der Waals surface area contributed by atoms with Crippen molar-refractivity contribution in [3.63, 3.8) is 0 Å². The van der Waals surface area contributed by atoms with Crippen LogP contribution >= 0.6 is 11.6 Å². The Balaban J connectivity index is 1.82. The van der Waals surface area contributed by atoms with E-state index in [1.54, 1.807) is 25.1 Å². The molecular formula is C20H20ClN3O5. The Bertz CT molecular complexity index is 928. The van der Waals surface area contributed by atoms with Crippen LogP contribution in [0.5, 0.6) is 0 Å². The molecule has 8 nitrogen and oxygen atoms in total. The molecule has 0 aliphatic carbocycles. The van der Waals surface area contributed by atoms with Gasteiger partial charge in [-0.15, -0.1) is 0 Å². The van der Waals surface area contributed by atoms with E-state index in [2.05, 4.69) is 16.0 Å². The lowest BCUT2D eigenvalue weighted by Crippen LogP contribution is -2.39. The Morgan fingerprint density at radius 3 is 2.21 bits per heavy atom. The van der Waals surface area contributed by atoms with Crippen LogP contribution in [0.2, 0.25) is 5.02 Å². The van der Waals surface area contributed by atoms with Crippen molar-refractivity contribution in [2.75, 3.05) is 23.8 Å². The van der Waals surface area contributed by atoms with Crippen molar-refractivity contribution >= 4 is 46.7 Å². The van der Waals surface area contributed by atoms with Gasteiger partial charge < -0.3 is 20.7 Å². The van der Waals surface area contributed by atoms with Crippen molar-refractivity contribution in [2.24, 2.45) is 0 Å². The quantitative estimate of drug-likeness (QED) is 0.493. The summed E-state index contributed by atoms with van der Waals surface area (Å²) in [6.45, 7) is 3.39. The van der Waals surface area contributed by atoms with E-state index >= 15 is 0 Å². The number of carbonyl (C=O) groups excluding carboxylic acids is 4. The fourth-order valence-electron chi connectivity index (χ4n) is 2.21. The van der Waals surface area contributed by atoms with Gasteiger partial charge in [-0.1, -0.05) is 17.7 Å². The molecule has 0 saturated carbocycles. The zero-order valence-corrected chi connectivity index (χ0v) is 16.6. The maximum Gasteiger partial charge on any atom is 0.338 e. The number of anilines is 2. The van der Waals surface area contributed by atoms with E-state index < -0.39 is 23.7 Å². The Morgan fingerprint density at radius 1 is 0.931 bits per heavy atom. The molecule has 0 bridgehead atoms. The Labute approximate surface area is 172 Å². The minimum Gasteiger partial charge on any atom is -0.462 e. The molecule has 29 heavy (non-hydrogen) atoms. The van der Waals surface area contributed by atoms with Gasteiger partial charge in [0.2, 0.25) is 5.91 Å². The summed E-state index contributed by atoms with van der Waals surface area (Å²) in [6, 6.07) is 10.9. The van der Waals surface area contributed by atoms with Crippen LogP contribution < -0.4 is 16.0 Å². The highest BCUT2D eigenvalue weighted by molar-refractivity contribution is 6.40. The summed E-state index contributed by atoms with van der Waals surface area (Å²) in [5, 5.41) is 7.67. The molecule has 2 aromatic carbocycles. The van der Waals surface area contributed by atoms with Crippen LogP contribution in [0.15, 0.2) is 42.5 Å². The Kier molecular flexibility index (Phi) is 7.73. The number of hydrogen-bond donors (Lipinski definition) is 3. The van der Waals surface area contributed by atoms with Gasteiger partial charge in [-0.3, -0.25) is 14.4 Å². The van der Waals surface area contributed by atoms with E-state index in [9.17, 15) is 19.2 Å². The van der Waals surface area contributed by atoms with Gasteiger partial charge >= 0.3 is 17.8 Å². The van der Waals surface area contributed by atoms with Gasteiger partial charge in [0.1, 0.15) is 0 Å². The van der Waals surface area contributed by atoms with Gasteiger partial charge in [0, 0.05) is 16.4 Å². The molecule has 3 amide bonds. The fourth-order valence-corrected chi connectivity index (χ4v) is 2.39. The predicted molar refractivity (Wildman–Crippen MR) is 109 cm³/mol. The number of carbonyl (C=O) groups is 4. The maximum atomic E-state index is 11.9. The van der Waals surface area contributed by atoms with Crippen molar-refractivity contribution in [1.29, 1.82) is 0 Å². The van der Waals surface area contributed by atoms with Crippen molar-refractivity contribution in [1.82, 2.24) is 5.32 Å². The van der Waals surface area contributed by atoms with Crippen LogP contribution in [0.25, 0.3) is 0 Å². The molecule has 0 fully saturated rings. The summed E-state index contributed by atoms with van der Waals surface area (Å²) in [5.74, 6) is -2.91. The van der Waals surface area contributed by atoms with Crippen LogP contribution in [0.4, 0.5) is 11.4 Å². The first kappa shape index (κ1) is 21.9. The van der Waals surface area contributed by atoms with Crippen molar-refractivity contribution < 1.29 is 23.9 Å². The first-order chi connectivity index (χ1) is 13.8. The largest absolute Gasteiger partial charge is 0.462 e. The van der Waals surface area contributed by atoms with Crippen molar-refractivity contribution in [2.45, 2.75) is 13.8 Å². The van der Waals surface area contributed by atoms with Crippen molar-refractivity contribution in [3.8, 4) is 0 Å². The lowest BCUT2D eigenvalue weighted by atomic mass is 10.2. The highest BCUT2D eigenvalue weighted by Crippen LogP contribution is 2.19. The Morgan fingerprint density at radius 2 is 1.59 bits per heavy atom. The second-order valence-electron chi connectivity index (χ2n) is 5.95. The predicted octanol–water partition coefficient (Wildman–Crippen LogP) is 2.52. The minimum atomic E-state index is -0.975. The number of amides is 3. The Hall–Kier alpha value is -3.39. The third kappa shape index (κ3) is 6.62. The second-order valence-corrected chi connectivity index (χ2v) is 6.35. The minimum absolute atomic E-state index is 0.252. The molecule has 2 aromatic rings. The lowest BCUT2D eigenvalue weighted by Gasteiger charge is -2.09. The van der Waals surface area contributed by atoms with Gasteiger partial charge in [-0.05, 0) is 55.8 Å². The van der Waals surface area contributed by atoms with E-state index in [0.29, 0.717) is 22.0 Å². The van der Waals surface area contributed by atoms with Gasteiger partial charge in [-0.2, -0.15) is 0 Å². The van der Waals surface area contributed by atoms with Crippen LogP contribution in [-0.2, 0) is 19.1 Å². The van der Waals surface area contributed by atoms with Crippen LogP contribution in [-0.4, -0.2) is 36.8 Å². The second kappa shape index (κ2) is 10.2. The molecule has 0 atom stereocenters. The third-order valence-corrected chi connectivity index (χ3v) is 4.13. The molecule has 152 valence electrons. The normalized spacial score (nSPS) is 10.0. The molecule has 0 aliphatic heterocycles. The third-order valence-electron chi connectivity index (χ3n) is 3.73. The van der Waals surface area contributed by atoms with Gasteiger partial charge in [0.15, 0.2) is 0 Å². The number of halogens is 1. The monoisotopic (exact) mass is 417 g/mol. The zero-order valence-electron chi connectivity index (χ0n) is 15.9. The number of nitrogens with one attached hydrogen (secondary N) is 3. The molecule has 0 saturated heterocycles. The summed E-state index contributed by atoms with van der Waals surface area (Å²) in [6.07, 6.45) is 0. The first-order valence-corrected chi connectivity index (χ1v) is 9.10. The smallest absolute Gasteiger partial charge is 0.338 e. The topological polar surface area (TPSA) is 114 Å². The highest BCUT2D eigenvalue weighted by atomic mass is 35.5. The van der Waals surface area contributed by atoms with E-state index in [4.69, 9.17) is 16.3 Å². The van der Waals surface area contributed by atoms with E-state index in [1.807, 2.05) is 6.92 Å². The van der Waals surface area contributed by atoms with Gasteiger partial charge in [-0.25, -0.2) is 4.79 Å². The van der Waals surface area contributed by atoms with E-state index in [0.717, 1.165) is 5.56 Å². The summed E-state index contributed by atoms with van der Waals surface area (Å²) in [5.41, 5.74) is 1.98. The first-order valence-electron chi connectivity index (χ1n) is 8.72. The summed E-state index contributed by atoms with van der Waals surface area (Å²) in [7, 11) is 0. The number of ether oxygens (including phenoxy) is 1. The van der Waals surface area contributed by atoms with Gasteiger partial charge in [0.25, 0.3) is 0 Å². The molecular weight excluding hydrogens is 398 g/mol. The maximum absolute atomic E-state index is 11.9. The van der Waals surface area contributed by atoms with Crippen molar-refractivity contribution in [3.05, 3.63) is 58.6 Å². The molecule has 0 spiro atoms. The number of esters is 1. The standard InChI is InChI=1S/C20H20ClN3O5/c1-3-29-20(28)13-5-8-14(9-6-13)24-19(27)18(26)22-11-17(25)23-15-7-4-12(2)16(21)10-15/h4-10H,3,11H2,1-2H3,(H,22,26)(H,23,25)(H,24,27). The molecule has 0 aromatic heterocycles. The average molecular weight is 418 g/mol. The molecule has 0 aliphatic rings. The van der Waals surface area contributed by atoms with Crippen LogP contribution in [0.1, 0.15) is 22.8 Å². The molecule has 0 unspecified atom stereocenters. The SMILES string of the molecule is CCOC(=O)c1ccc(NC(=O)C(=O)NCC(=O)Nc2ccc(C)c(Cl)c2)cc1. The van der Waals surface area contributed by atoms with E-state index in [1.165, 1.54) is 24.3 Å². The van der Waals surface area contributed by atoms with Crippen LogP contribution in [0, 0.1) is 6.92 Å². The number of benzene rings is 2. The number of hydrogen-bond acceptors (Lipinski definition) is 5. The summed E-state index contributed by atoms with van der Waals surface area (Å²) in [4.78, 5) is 47.3. The lowest BCUT2D eigenvalue weighted by molar-refractivity contribution is -0.136. The molecule has 9 heteroatoms. The molecule has 0 heterocycles. The zero-order chi connectivity index (χ0) is 21.4. The average Bonchev–Trinajstić information content (AvgIpc) is 2.69. The molecule has 3 N–H and O–H groups in total. The molecule has 0 radical (unpaired) electrons.